The van der Waals surface area contributed by atoms with Gasteiger partial charge in [0.2, 0.25) is 0 Å². The lowest BCUT2D eigenvalue weighted by atomic mass is 9.85. The highest BCUT2D eigenvalue weighted by atomic mass is 16.6. The minimum absolute atomic E-state index is 0.00259. The number of amides is 1. The second kappa shape index (κ2) is 3.27. The van der Waals surface area contributed by atoms with E-state index >= 15 is 0 Å². The van der Waals surface area contributed by atoms with Crippen LogP contribution in [0.15, 0.2) is 11.6 Å². The van der Waals surface area contributed by atoms with Crippen molar-refractivity contribution < 1.29 is 9.63 Å². The Kier molecular flexibility index (Phi) is 2.52. The predicted molar refractivity (Wildman–Crippen MR) is 46.2 cm³/mol. The average molecular weight is 169 g/mol. The summed E-state index contributed by atoms with van der Waals surface area (Å²) >= 11 is 0. The zero-order valence-corrected chi connectivity index (χ0v) is 7.81. The SMILES string of the molecule is CONC(=O)C1=CCCC1(C)C. The lowest BCUT2D eigenvalue weighted by molar-refractivity contribution is -0.128. The fraction of sp³-hybridized carbons (Fsp3) is 0.667. The van der Waals surface area contributed by atoms with Crippen molar-refractivity contribution in [2.45, 2.75) is 26.7 Å². The molecule has 0 bridgehead atoms. The van der Waals surface area contributed by atoms with Crippen LogP contribution in [0.1, 0.15) is 26.7 Å². The highest BCUT2D eigenvalue weighted by Gasteiger charge is 2.31. The van der Waals surface area contributed by atoms with Crippen molar-refractivity contribution in [3.8, 4) is 0 Å². The van der Waals surface area contributed by atoms with Gasteiger partial charge < -0.3 is 0 Å². The molecule has 0 aromatic heterocycles. The number of nitrogens with one attached hydrogen (secondary N) is 1. The first-order chi connectivity index (χ1) is 5.58. The smallest absolute Gasteiger partial charge is 0.270 e. The second-order valence-corrected chi connectivity index (χ2v) is 3.68. The summed E-state index contributed by atoms with van der Waals surface area (Å²) in [6, 6.07) is 0. The number of hydrogen-bond acceptors (Lipinski definition) is 2. The summed E-state index contributed by atoms with van der Waals surface area (Å²) < 4.78 is 0. The Morgan fingerprint density at radius 2 is 2.33 bits per heavy atom. The molecule has 0 aliphatic heterocycles. The lowest BCUT2D eigenvalue weighted by Gasteiger charge is -2.20. The van der Waals surface area contributed by atoms with Gasteiger partial charge in [0, 0.05) is 5.57 Å². The average Bonchev–Trinajstić information content (AvgIpc) is 2.30. The molecular formula is C9H15NO2. The molecule has 0 aromatic rings. The Labute approximate surface area is 72.7 Å². The summed E-state index contributed by atoms with van der Waals surface area (Å²) in [7, 11) is 1.44. The molecule has 0 aromatic carbocycles. The van der Waals surface area contributed by atoms with Crippen molar-refractivity contribution in [1.29, 1.82) is 0 Å². The zero-order valence-electron chi connectivity index (χ0n) is 7.81. The van der Waals surface area contributed by atoms with E-state index in [1.807, 2.05) is 6.08 Å². The molecule has 1 amide bonds. The molecule has 0 saturated carbocycles. The number of carbonyl (C=O) groups excluding carboxylic acids is 1. The second-order valence-electron chi connectivity index (χ2n) is 3.68. The van der Waals surface area contributed by atoms with Crippen LogP contribution < -0.4 is 5.48 Å². The normalized spacial score (nSPS) is 20.4. The van der Waals surface area contributed by atoms with E-state index in [0.717, 1.165) is 18.4 Å². The van der Waals surface area contributed by atoms with Crippen molar-refractivity contribution in [2.24, 2.45) is 5.41 Å². The van der Waals surface area contributed by atoms with Crippen molar-refractivity contribution in [1.82, 2.24) is 5.48 Å². The molecule has 3 nitrogen and oxygen atoms in total. The molecular weight excluding hydrogens is 154 g/mol. The van der Waals surface area contributed by atoms with E-state index in [-0.39, 0.29) is 11.3 Å². The summed E-state index contributed by atoms with van der Waals surface area (Å²) in [4.78, 5) is 15.9. The molecule has 0 saturated heterocycles. The van der Waals surface area contributed by atoms with Gasteiger partial charge in [-0.15, -0.1) is 0 Å². The third kappa shape index (κ3) is 1.67. The summed E-state index contributed by atoms with van der Waals surface area (Å²) in [5.74, 6) is -0.111. The molecule has 1 rings (SSSR count). The molecule has 1 N–H and O–H groups in total. The molecule has 0 radical (unpaired) electrons. The topological polar surface area (TPSA) is 38.3 Å². The molecule has 12 heavy (non-hydrogen) atoms. The fourth-order valence-corrected chi connectivity index (χ4v) is 1.54. The van der Waals surface area contributed by atoms with Crippen LogP contribution in [-0.4, -0.2) is 13.0 Å². The van der Waals surface area contributed by atoms with Gasteiger partial charge in [0.1, 0.15) is 0 Å². The van der Waals surface area contributed by atoms with E-state index in [0.29, 0.717) is 0 Å². The molecule has 68 valence electrons. The maximum atomic E-state index is 11.4. The Morgan fingerprint density at radius 3 is 2.75 bits per heavy atom. The Bertz CT molecular complexity index is 219. The van der Waals surface area contributed by atoms with Crippen LogP contribution in [0.2, 0.25) is 0 Å². The first-order valence-electron chi connectivity index (χ1n) is 4.12. The van der Waals surface area contributed by atoms with Crippen LogP contribution in [0.5, 0.6) is 0 Å². The van der Waals surface area contributed by atoms with E-state index < -0.39 is 0 Å². The van der Waals surface area contributed by atoms with Crippen LogP contribution in [0, 0.1) is 5.41 Å². The van der Waals surface area contributed by atoms with Crippen LogP contribution in [0.4, 0.5) is 0 Å². The number of carbonyl (C=O) groups is 1. The van der Waals surface area contributed by atoms with Gasteiger partial charge in [0.05, 0.1) is 7.11 Å². The van der Waals surface area contributed by atoms with Gasteiger partial charge in [-0.25, -0.2) is 5.48 Å². The van der Waals surface area contributed by atoms with Crippen molar-refractivity contribution >= 4 is 5.91 Å². The molecule has 1 aliphatic carbocycles. The van der Waals surface area contributed by atoms with Gasteiger partial charge >= 0.3 is 0 Å². The Hall–Kier alpha value is -0.830. The maximum Gasteiger partial charge on any atom is 0.270 e. The van der Waals surface area contributed by atoms with Gasteiger partial charge in [0.25, 0.3) is 5.91 Å². The fourth-order valence-electron chi connectivity index (χ4n) is 1.54. The molecule has 3 heteroatoms. The summed E-state index contributed by atoms with van der Waals surface area (Å²) in [6.45, 7) is 4.14. The van der Waals surface area contributed by atoms with E-state index in [1.54, 1.807) is 0 Å². The first-order valence-corrected chi connectivity index (χ1v) is 4.12. The number of hydrogen-bond donors (Lipinski definition) is 1. The van der Waals surface area contributed by atoms with Gasteiger partial charge in [-0.05, 0) is 18.3 Å². The molecule has 0 heterocycles. The Balaban J connectivity index is 2.68. The first kappa shape index (κ1) is 9.26. The third-order valence-electron chi connectivity index (χ3n) is 2.29. The molecule has 0 atom stereocenters. The highest BCUT2D eigenvalue weighted by Crippen LogP contribution is 2.37. The maximum absolute atomic E-state index is 11.4. The highest BCUT2D eigenvalue weighted by molar-refractivity contribution is 5.94. The quantitative estimate of drug-likeness (QED) is 0.635. The molecule has 0 unspecified atom stereocenters. The van der Waals surface area contributed by atoms with Gasteiger partial charge in [-0.2, -0.15) is 0 Å². The zero-order chi connectivity index (χ0) is 9.19. The van der Waals surface area contributed by atoms with Gasteiger partial charge in [-0.3, -0.25) is 9.63 Å². The lowest BCUT2D eigenvalue weighted by Crippen LogP contribution is -2.29. The molecule has 0 spiro atoms. The minimum Gasteiger partial charge on any atom is -0.277 e. The summed E-state index contributed by atoms with van der Waals surface area (Å²) in [6.07, 6.45) is 4.01. The molecule has 0 fully saturated rings. The van der Waals surface area contributed by atoms with Crippen molar-refractivity contribution in [3.63, 3.8) is 0 Å². The van der Waals surface area contributed by atoms with Crippen LogP contribution in [0.3, 0.4) is 0 Å². The molecule has 1 aliphatic rings. The predicted octanol–water partition coefficient (Wildman–Crippen LogP) is 1.41. The Morgan fingerprint density at radius 1 is 1.67 bits per heavy atom. The van der Waals surface area contributed by atoms with Crippen molar-refractivity contribution in [3.05, 3.63) is 11.6 Å². The van der Waals surface area contributed by atoms with E-state index in [4.69, 9.17) is 0 Å². The van der Waals surface area contributed by atoms with Crippen LogP contribution >= 0.6 is 0 Å². The minimum atomic E-state index is -0.111. The largest absolute Gasteiger partial charge is 0.277 e. The van der Waals surface area contributed by atoms with E-state index in [2.05, 4.69) is 24.2 Å². The summed E-state index contributed by atoms with van der Waals surface area (Å²) in [5.41, 5.74) is 3.18. The standard InChI is InChI=1S/C9H15NO2/c1-9(2)6-4-5-7(9)8(11)10-12-3/h5H,4,6H2,1-3H3,(H,10,11). The van der Waals surface area contributed by atoms with E-state index in [1.165, 1.54) is 7.11 Å². The monoisotopic (exact) mass is 169 g/mol. The van der Waals surface area contributed by atoms with Gasteiger partial charge in [0.15, 0.2) is 0 Å². The van der Waals surface area contributed by atoms with Gasteiger partial charge in [-0.1, -0.05) is 19.9 Å². The number of hydroxylamine groups is 1. The third-order valence-corrected chi connectivity index (χ3v) is 2.29. The summed E-state index contributed by atoms with van der Waals surface area (Å²) in [5, 5.41) is 0. The van der Waals surface area contributed by atoms with Crippen LogP contribution in [0.25, 0.3) is 0 Å². The van der Waals surface area contributed by atoms with Crippen molar-refractivity contribution in [2.75, 3.05) is 7.11 Å². The number of allylic oxidation sites excluding steroid dienone is 1. The number of rotatable bonds is 2. The van der Waals surface area contributed by atoms with Crippen LogP contribution in [-0.2, 0) is 9.63 Å². The van der Waals surface area contributed by atoms with E-state index in [9.17, 15) is 4.79 Å².